The van der Waals surface area contributed by atoms with E-state index in [2.05, 4.69) is 10.3 Å². The van der Waals surface area contributed by atoms with Crippen LogP contribution in [0.15, 0.2) is 12.3 Å². The van der Waals surface area contributed by atoms with E-state index < -0.39 is 11.9 Å². The number of nitrogens with one attached hydrogen (secondary N) is 1. The molecular formula is C13H17N3O3. The fourth-order valence-corrected chi connectivity index (χ4v) is 2.10. The molecule has 19 heavy (non-hydrogen) atoms. The lowest BCUT2D eigenvalue weighted by molar-refractivity contribution is -0.141. The van der Waals surface area contributed by atoms with Crippen molar-refractivity contribution in [3.63, 3.8) is 0 Å². The number of urea groups is 1. The number of carbonyl (C=O) groups is 2. The Balaban J connectivity index is 2.02. The van der Waals surface area contributed by atoms with Gasteiger partial charge in [-0.05, 0) is 31.9 Å². The number of hydrogen-bond donors (Lipinski definition) is 2. The fraction of sp³-hybridized carbons (Fsp3) is 0.462. The number of nitrogens with zero attached hydrogens (tertiary/aromatic N) is 2. The Morgan fingerprint density at radius 2 is 2.21 bits per heavy atom. The van der Waals surface area contributed by atoms with E-state index in [1.165, 1.54) is 4.90 Å². The summed E-state index contributed by atoms with van der Waals surface area (Å²) in [4.78, 5) is 28.6. The van der Waals surface area contributed by atoms with Gasteiger partial charge in [0.25, 0.3) is 0 Å². The number of anilines is 1. The van der Waals surface area contributed by atoms with Crippen LogP contribution in [-0.2, 0) is 4.79 Å². The average molecular weight is 263 g/mol. The molecule has 2 amide bonds. The lowest BCUT2D eigenvalue weighted by Crippen LogP contribution is -2.34. The largest absolute Gasteiger partial charge is 0.481 e. The van der Waals surface area contributed by atoms with Gasteiger partial charge in [-0.15, -0.1) is 0 Å². The molecule has 1 aromatic rings. The summed E-state index contributed by atoms with van der Waals surface area (Å²) in [5, 5.41) is 11.7. The molecule has 0 bridgehead atoms. The third-order valence-corrected chi connectivity index (χ3v) is 3.31. The molecule has 0 radical (unpaired) electrons. The zero-order valence-electron chi connectivity index (χ0n) is 11.0. The van der Waals surface area contributed by atoms with E-state index in [9.17, 15) is 9.59 Å². The number of pyridine rings is 1. The van der Waals surface area contributed by atoms with Gasteiger partial charge >= 0.3 is 12.0 Å². The highest BCUT2D eigenvalue weighted by Crippen LogP contribution is 2.19. The summed E-state index contributed by atoms with van der Waals surface area (Å²) in [5.74, 6) is -1.29. The highest BCUT2D eigenvalue weighted by Gasteiger charge is 2.30. The van der Waals surface area contributed by atoms with Gasteiger partial charge in [-0.25, -0.2) is 4.79 Å². The van der Waals surface area contributed by atoms with E-state index in [-0.39, 0.29) is 12.6 Å². The molecule has 0 spiro atoms. The normalized spacial score (nSPS) is 18.4. The van der Waals surface area contributed by atoms with E-state index in [0.717, 1.165) is 16.9 Å². The maximum absolute atomic E-state index is 12.0. The molecule has 1 unspecified atom stereocenters. The Morgan fingerprint density at radius 1 is 1.47 bits per heavy atom. The van der Waals surface area contributed by atoms with E-state index in [4.69, 9.17) is 5.11 Å². The standard InChI is InChI=1S/C13H17N3O3/c1-8-6-14-9(2)5-11(8)15-13(19)16-4-3-10(7-16)12(17)18/h5-6,10H,3-4,7H2,1-2H3,(H,17,18)(H,14,15,19). The van der Waals surface area contributed by atoms with Gasteiger partial charge in [0.1, 0.15) is 0 Å². The van der Waals surface area contributed by atoms with Gasteiger partial charge in [0.15, 0.2) is 0 Å². The Labute approximate surface area is 111 Å². The van der Waals surface area contributed by atoms with Crippen molar-refractivity contribution in [2.45, 2.75) is 20.3 Å². The summed E-state index contributed by atoms with van der Waals surface area (Å²) in [6.07, 6.45) is 2.21. The molecule has 1 atom stereocenters. The highest BCUT2D eigenvalue weighted by atomic mass is 16.4. The molecule has 1 aliphatic heterocycles. The summed E-state index contributed by atoms with van der Waals surface area (Å²) in [5.41, 5.74) is 2.43. The van der Waals surface area contributed by atoms with Crippen molar-refractivity contribution in [1.29, 1.82) is 0 Å². The van der Waals surface area contributed by atoms with Gasteiger partial charge in [-0.3, -0.25) is 9.78 Å². The van der Waals surface area contributed by atoms with Crippen molar-refractivity contribution in [2.75, 3.05) is 18.4 Å². The zero-order valence-corrected chi connectivity index (χ0v) is 11.0. The van der Waals surface area contributed by atoms with Gasteiger partial charge in [-0.2, -0.15) is 0 Å². The van der Waals surface area contributed by atoms with Gasteiger partial charge in [0.05, 0.1) is 5.92 Å². The van der Waals surface area contributed by atoms with Gasteiger partial charge in [0.2, 0.25) is 0 Å². The van der Waals surface area contributed by atoms with E-state index in [1.807, 2.05) is 13.8 Å². The lowest BCUT2D eigenvalue weighted by Gasteiger charge is -2.17. The van der Waals surface area contributed by atoms with E-state index in [0.29, 0.717) is 13.0 Å². The number of carboxylic acids is 1. The summed E-state index contributed by atoms with van der Waals surface area (Å²) in [6.45, 7) is 4.47. The molecule has 2 N–H and O–H groups in total. The summed E-state index contributed by atoms with van der Waals surface area (Å²) >= 11 is 0. The number of aryl methyl sites for hydroxylation is 2. The molecule has 6 nitrogen and oxygen atoms in total. The molecular weight excluding hydrogens is 246 g/mol. The van der Waals surface area contributed by atoms with E-state index in [1.54, 1.807) is 12.3 Å². The topological polar surface area (TPSA) is 82.5 Å². The summed E-state index contributed by atoms with van der Waals surface area (Å²) < 4.78 is 0. The van der Waals surface area contributed by atoms with Crippen LogP contribution in [-0.4, -0.2) is 40.1 Å². The van der Waals surface area contributed by atoms with Gasteiger partial charge in [-0.1, -0.05) is 0 Å². The molecule has 0 aromatic carbocycles. The van der Waals surface area contributed by atoms with Crippen molar-refractivity contribution in [3.8, 4) is 0 Å². The second-order valence-electron chi connectivity index (χ2n) is 4.84. The van der Waals surface area contributed by atoms with Crippen LogP contribution >= 0.6 is 0 Å². The van der Waals surface area contributed by atoms with Crippen LogP contribution < -0.4 is 5.32 Å². The number of hydrogen-bond acceptors (Lipinski definition) is 3. The van der Waals surface area contributed by atoms with Crippen LogP contribution in [0, 0.1) is 19.8 Å². The zero-order chi connectivity index (χ0) is 14.0. The maximum atomic E-state index is 12.0. The van der Waals surface area contributed by atoms with Crippen molar-refractivity contribution < 1.29 is 14.7 Å². The minimum atomic E-state index is -0.841. The molecule has 1 saturated heterocycles. The minimum absolute atomic E-state index is 0.252. The fourth-order valence-electron chi connectivity index (χ4n) is 2.10. The molecule has 1 aromatic heterocycles. The van der Waals surface area contributed by atoms with Crippen molar-refractivity contribution in [1.82, 2.24) is 9.88 Å². The second-order valence-corrected chi connectivity index (χ2v) is 4.84. The number of rotatable bonds is 2. The molecule has 102 valence electrons. The molecule has 0 aliphatic carbocycles. The third kappa shape index (κ3) is 3.01. The predicted molar refractivity (Wildman–Crippen MR) is 70.0 cm³/mol. The second kappa shape index (κ2) is 5.26. The third-order valence-electron chi connectivity index (χ3n) is 3.31. The minimum Gasteiger partial charge on any atom is -0.481 e. The number of aliphatic carboxylic acids is 1. The van der Waals surface area contributed by atoms with Crippen LogP contribution in [0.3, 0.4) is 0 Å². The first-order chi connectivity index (χ1) is 8.97. The SMILES string of the molecule is Cc1cc(NC(=O)N2CCC(C(=O)O)C2)c(C)cn1. The monoisotopic (exact) mass is 263 g/mol. The Kier molecular flexibility index (Phi) is 3.69. The smallest absolute Gasteiger partial charge is 0.321 e. The molecule has 2 rings (SSSR count). The Hall–Kier alpha value is -2.11. The highest BCUT2D eigenvalue weighted by molar-refractivity contribution is 5.90. The van der Waals surface area contributed by atoms with E-state index >= 15 is 0 Å². The van der Waals surface area contributed by atoms with Gasteiger partial charge < -0.3 is 15.3 Å². The van der Waals surface area contributed by atoms with Crippen LogP contribution in [0.2, 0.25) is 0 Å². The van der Waals surface area contributed by atoms with Crippen LogP contribution in [0.4, 0.5) is 10.5 Å². The number of aromatic nitrogens is 1. The Morgan fingerprint density at radius 3 is 2.84 bits per heavy atom. The number of likely N-dealkylation sites (tertiary alicyclic amines) is 1. The Bertz CT molecular complexity index is 516. The quantitative estimate of drug-likeness (QED) is 0.849. The molecule has 1 aliphatic rings. The molecule has 1 fully saturated rings. The average Bonchev–Trinajstić information content (AvgIpc) is 2.83. The van der Waals surface area contributed by atoms with Crippen molar-refractivity contribution >= 4 is 17.7 Å². The van der Waals surface area contributed by atoms with Crippen LogP contribution in [0.5, 0.6) is 0 Å². The summed E-state index contributed by atoms with van der Waals surface area (Å²) in [6, 6.07) is 1.55. The van der Waals surface area contributed by atoms with Crippen LogP contribution in [0.25, 0.3) is 0 Å². The number of carboxylic acid groups (broad SMARTS) is 1. The maximum Gasteiger partial charge on any atom is 0.321 e. The molecule has 6 heteroatoms. The molecule has 0 saturated carbocycles. The first kappa shape index (κ1) is 13.3. The van der Waals surface area contributed by atoms with Crippen LogP contribution in [0.1, 0.15) is 17.7 Å². The van der Waals surface area contributed by atoms with Crippen molar-refractivity contribution in [3.05, 3.63) is 23.5 Å². The first-order valence-corrected chi connectivity index (χ1v) is 6.19. The molecule has 2 heterocycles. The van der Waals surface area contributed by atoms with Gasteiger partial charge in [0, 0.05) is 30.7 Å². The number of carbonyl (C=O) groups excluding carboxylic acids is 1. The lowest BCUT2D eigenvalue weighted by atomic mass is 10.1. The number of amides is 2. The first-order valence-electron chi connectivity index (χ1n) is 6.19. The predicted octanol–water partition coefficient (Wildman–Crippen LogP) is 1.64. The van der Waals surface area contributed by atoms with Crippen molar-refractivity contribution in [2.24, 2.45) is 5.92 Å². The summed E-state index contributed by atoms with van der Waals surface area (Å²) in [7, 11) is 0.